The lowest BCUT2D eigenvalue weighted by atomic mass is 9.84. The van der Waals surface area contributed by atoms with Gasteiger partial charge in [0.05, 0.1) is 0 Å². The molecule has 0 heterocycles. The van der Waals surface area contributed by atoms with E-state index in [4.69, 9.17) is 0 Å². The summed E-state index contributed by atoms with van der Waals surface area (Å²) in [5.41, 5.74) is 7.42. The van der Waals surface area contributed by atoms with Crippen LogP contribution in [0, 0.1) is 19.7 Å². The Labute approximate surface area is 178 Å². The number of aryl methyl sites for hydroxylation is 2. The molecule has 0 spiro atoms. The van der Waals surface area contributed by atoms with Gasteiger partial charge in [-0.1, -0.05) is 75.4 Å². The normalized spacial score (nSPS) is 11.7. The predicted octanol–water partition coefficient (Wildman–Crippen LogP) is 8.30. The maximum atomic E-state index is 14.6. The lowest BCUT2D eigenvalue weighted by molar-refractivity contribution is 0.589. The minimum Gasteiger partial charge on any atom is -0.355 e. The SMILES string of the molecule is Cc1cc(C(C)(C)C)cc(C)c1Nc1cc(F)cc(-c2cccc3ccccc23)c1. The molecule has 2 heteroatoms. The average Bonchev–Trinajstić information content (AvgIpc) is 2.69. The van der Waals surface area contributed by atoms with Gasteiger partial charge in [0.1, 0.15) is 5.82 Å². The van der Waals surface area contributed by atoms with Crippen molar-refractivity contribution < 1.29 is 4.39 Å². The third kappa shape index (κ3) is 3.95. The second-order valence-corrected chi connectivity index (χ2v) is 9.12. The second-order valence-electron chi connectivity index (χ2n) is 9.12. The van der Waals surface area contributed by atoms with Gasteiger partial charge in [-0.3, -0.25) is 0 Å². The summed E-state index contributed by atoms with van der Waals surface area (Å²) in [7, 11) is 0. The first-order chi connectivity index (χ1) is 14.2. The maximum Gasteiger partial charge on any atom is 0.125 e. The number of benzene rings is 4. The first kappa shape index (κ1) is 20.2. The monoisotopic (exact) mass is 397 g/mol. The van der Waals surface area contributed by atoms with Crippen LogP contribution in [0.3, 0.4) is 0 Å². The number of hydrogen-bond acceptors (Lipinski definition) is 1. The Morgan fingerprint density at radius 1 is 0.767 bits per heavy atom. The van der Waals surface area contributed by atoms with Crippen LogP contribution in [0.5, 0.6) is 0 Å². The molecule has 1 nitrogen and oxygen atoms in total. The van der Waals surface area contributed by atoms with E-state index in [9.17, 15) is 4.39 Å². The van der Waals surface area contributed by atoms with Crippen LogP contribution < -0.4 is 5.32 Å². The van der Waals surface area contributed by atoms with Gasteiger partial charge in [0.25, 0.3) is 0 Å². The molecule has 0 atom stereocenters. The van der Waals surface area contributed by atoms with Gasteiger partial charge in [-0.15, -0.1) is 0 Å². The molecular formula is C28H28FN. The van der Waals surface area contributed by atoms with Crippen LogP contribution in [0.1, 0.15) is 37.5 Å². The molecule has 0 saturated carbocycles. The number of hydrogen-bond donors (Lipinski definition) is 1. The Morgan fingerprint density at radius 3 is 2.13 bits per heavy atom. The van der Waals surface area contributed by atoms with Crippen LogP contribution in [0.4, 0.5) is 15.8 Å². The zero-order valence-corrected chi connectivity index (χ0v) is 18.3. The molecule has 0 saturated heterocycles. The predicted molar refractivity (Wildman–Crippen MR) is 127 cm³/mol. The fourth-order valence-corrected chi connectivity index (χ4v) is 4.03. The van der Waals surface area contributed by atoms with Crippen molar-refractivity contribution in [3.63, 3.8) is 0 Å². The number of fused-ring (bicyclic) bond motifs is 1. The number of halogens is 1. The quantitative estimate of drug-likeness (QED) is 0.366. The summed E-state index contributed by atoms with van der Waals surface area (Å²) in [5, 5.41) is 5.75. The summed E-state index contributed by atoms with van der Waals surface area (Å²) in [6.07, 6.45) is 0. The molecule has 0 radical (unpaired) electrons. The summed E-state index contributed by atoms with van der Waals surface area (Å²) in [6, 6.07) is 24.0. The van der Waals surface area contributed by atoms with E-state index in [1.165, 1.54) is 5.56 Å². The highest BCUT2D eigenvalue weighted by molar-refractivity contribution is 5.97. The van der Waals surface area contributed by atoms with Crippen LogP contribution in [-0.2, 0) is 5.41 Å². The van der Waals surface area contributed by atoms with Gasteiger partial charge < -0.3 is 5.32 Å². The summed E-state index contributed by atoms with van der Waals surface area (Å²) in [5.74, 6) is -0.246. The lowest BCUT2D eigenvalue weighted by Gasteiger charge is -2.23. The standard InChI is InChI=1S/C28H28FN/c1-18-13-22(28(3,4)5)14-19(2)27(18)30-24-16-21(15-23(29)17-24)26-12-8-10-20-9-6-7-11-25(20)26/h6-17,30H,1-5H3. The fourth-order valence-electron chi connectivity index (χ4n) is 4.03. The summed E-state index contributed by atoms with van der Waals surface area (Å²) in [6.45, 7) is 10.9. The highest BCUT2D eigenvalue weighted by Crippen LogP contribution is 2.34. The zero-order chi connectivity index (χ0) is 21.5. The van der Waals surface area contributed by atoms with E-state index in [-0.39, 0.29) is 11.2 Å². The van der Waals surface area contributed by atoms with Gasteiger partial charge in [0.15, 0.2) is 0 Å². The van der Waals surface area contributed by atoms with Crippen LogP contribution in [0.25, 0.3) is 21.9 Å². The third-order valence-corrected chi connectivity index (χ3v) is 5.67. The van der Waals surface area contributed by atoms with E-state index in [0.29, 0.717) is 0 Å². The lowest BCUT2D eigenvalue weighted by Crippen LogP contribution is -2.12. The van der Waals surface area contributed by atoms with Crippen LogP contribution in [-0.4, -0.2) is 0 Å². The molecule has 4 aromatic rings. The Balaban J connectivity index is 1.77. The topological polar surface area (TPSA) is 12.0 Å². The molecule has 4 rings (SSSR count). The van der Waals surface area contributed by atoms with E-state index in [1.807, 2.05) is 24.3 Å². The number of rotatable bonds is 3. The number of nitrogens with one attached hydrogen (secondary N) is 1. The molecule has 0 aliphatic rings. The van der Waals surface area contributed by atoms with E-state index in [0.717, 1.165) is 44.4 Å². The molecular weight excluding hydrogens is 369 g/mol. The van der Waals surface area contributed by atoms with E-state index >= 15 is 0 Å². The van der Waals surface area contributed by atoms with Gasteiger partial charge >= 0.3 is 0 Å². The molecule has 0 bridgehead atoms. The molecule has 0 aliphatic heterocycles. The summed E-state index contributed by atoms with van der Waals surface area (Å²) < 4.78 is 14.6. The maximum absolute atomic E-state index is 14.6. The second kappa shape index (κ2) is 7.60. The Bertz CT molecular complexity index is 1200. The van der Waals surface area contributed by atoms with Crippen molar-refractivity contribution >= 4 is 22.1 Å². The third-order valence-electron chi connectivity index (χ3n) is 5.67. The van der Waals surface area contributed by atoms with E-state index < -0.39 is 0 Å². The van der Waals surface area contributed by atoms with E-state index in [1.54, 1.807) is 12.1 Å². The molecule has 0 amide bonds. The van der Waals surface area contributed by atoms with Crippen molar-refractivity contribution in [2.24, 2.45) is 0 Å². The van der Waals surface area contributed by atoms with Crippen molar-refractivity contribution in [2.45, 2.75) is 40.0 Å². The highest BCUT2D eigenvalue weighted by Gasteiger charge is 2.17. The van der Waals surface area contributed by atoms with Gasteiger partial charge in [0.2, 0.25) is 0 Å². The summed E-state index contributed by atoms with van der Waals surface area (Å²) >= 11 is 0. The van der Waals surface area contributed by atoms with Gasteiger partial charge in [-0.05, 0) is 76.1 Å². The van der Waals surface area contributed by atoms with Crippen LogP contribution in [0.2, 0.25) is 0 Å². The van der Waals surface area contributed by atoms with Crippen molar-refractivity contribution in [1.29, 1.82) is 0 Å². The van der Waals surface area contributed by atoms with Crippen molar-refractivity contribution in [2.75, 3.05) is 5.32 Å². The molecule has 152 valence electrons. The Hall–Kier alpha value is -3.13. The minimum absolute atomic E-state index is 0.0917. The minimum atomic E-state index is -0.246. The zero-order valence-electron chi connectivity index (χ0n) is 18.3. The van der Waals surface area contributed by atoms with Crippen molar-refractivity contribution in [1.82, 2.24) is 0 Å². The fraction of sp³-hybridized carbons (Fsp3) is 0.214. The Morgan fingerprint density at radius 2 is 1.43 bits per heavy atom. The van der Waals surface area contributed by atoms with Gasteiger partial charge in [-0.2, -0.15) is 0 Å². The molecule has 0 aliphatic carbocycles. The van der Waals surface area contributed by atoms with E-state index in [2.05, 4.69) is 76.3 Å². The molecule has 0 unspecified atom stereocenters. The smallest absolute Gasteiger partial charge is 0.125 e. The molecule has 30 heavy (non-hydrogen) atoms. The first-order valence-electron chi connectivity index (χ1n) is 10.4. The molecule has 1 N–H and O–H groups in total. The number of anilines is 2. The van der Waals surface area contributed by atoms with Crippen molar-refractivity contribution in [3.8, 4) is 11.1 Å². The van der Waals surface area contributed by atoms with Gasteiger partial charge in [-0.25, -0.2) is 4.39 Å². The summed E-state index contributed by atoms with van der Waals surface area (Å²) in [4.78, 5) is 0. The van der Waals surface area contributed by atoms with Crippen LogP contribution >= 0.6 is 0 Å². The Kier molecular flexibility index (Phi) is 5.11. The first-order valence-corrected chi connectivity index (χ1v) is 10.4. The molecule has 4 aromatic carbocycles. The molecule has 0 aromatic heterocycles. The average molecular weight is 398 g/mol. The highest BCUT2D eigenvalue weighted by atomic mass is 19.1. The van der Waals surface area contributed by atoms with Crippen molar-refractivity contribution in [3.05, 3.63) is 95.3 Å². The largest absolute Gasteiger partial charge is 0.355 e. The van der Waals surface area contributed by atoms with Crippen LogP contribution in [0.15, 0.2) is 72.8 Å². The van der Waals surface area contributed by atoms with Gasteiger partial charge in [0, 0.05) is 11.4 Å². The molecule has 0 fully saturated rings.